The number of nitrogens with two attached hydrogens (primary N) is 1. The lowest BCUT2D eigenvalue weighted by Gasteiger charge is -2.23. The standard InChI is InChI=1S/C12H20N4O2S/c1-7(10(18)16-12(2,3)4)14-9(17)5-8-6-19-11(13)15-8/h6-7H,5H2,1-4H3,(H2,13,15)(H,14,17)(H,16,18). The first-order chi connectivity index (χ1) is 8.67. The maximum absolute atomic E-state index is 11.8. The van der Waals surface area contributed by atoms with Crippen molar-refractivity contribution in [3.8, 4) is 0 Å². The van der Waals surface area contributed by atoms with Crippen molar-refractivity contribution in [1.29, 1.82) is 0 Å². The fraction of sp³-hybridized carbons (Fsp3) is 0.583. The minimum atomic E-state index is -0.581. The Bertz CT molecular complexity index is 465. The molecule has 0 aliphatic heterocycles. The molecule has 1 rings (SSSR count). The molecule has 2 amide bonds. The summed E-state index contributed by atoms with van der Waals surface area (Å²) in [6, 6.07) is -0.581. The molecule has 0 bridgehead atoms. The number of rotatable bonds is 4. The number of amides is 2. The predicted octanol–water partition coefficient (Wildman–Crippen LogP) is 0.687. The van der Waals surface area contributed by atoms with Gasteiger partial charge < -0.3 is 16.4 Å². The number of thiazole rings is 1. The fourth-order valence-corrected chi connectivity index (χ4v) is 1.97. The number of nitrogens with one attached hydrogen (secondary N) is 2. The van der Waals surface area contributed by atoms with E-state index >= 15 is 0 Å². The van der Waals surface area contributed by atoms with Crippen LogP contribution in [0, 0.1) is 0 Å². The molecule has 1 unspecified atom stereocenters. The van der Waals surface area contributed by atoms with E-state index in [0.29, 0.717) is 10.8 Å². The van der Waals surface area contributed by atoms with Gasteiger partial charge in [-0.3, -0.25) is 9.59 Å². The molecule has 7 heteroatoms. The van der Waals surface area contributed by atoms with Crippen molar-refractivity contribution in [3.63, 3.8) is 0 Å². The summed E-state index contributed by atoms with van der Waals surface area (Å²) in [5, 5.41) is 7.60. The van der Waals surface area contributed by atoms with Crippen molar-refractivity contribution in [2.75, 3.05) is 5.73 Å². The van der Waals surface area contributed by atoms with Crippen LogP contribution in [0.25, 0.3) is 0 Å². The van der Waals surface area contributed by atoms with Crippen LogP contribution in [-0.4, -0.2) is 28.4 Å². The van der Waals surface area contributed by atoms with Gasteiger partial charge in [-0.1, -0.05) is 0 Å². The highest BCUT2D eigenvalue weighted by molar-refractivity contribution is 7.13. The van der Waals surface area contributed by atoms with Gasteiger partial charge in [0.25, 0.3) is 0 Å². The van der Waals surface area contributed by atoms with Crippen LogP contribution in [0.4, 0.5) is 5.13 Å². The molecule has 0 aromatic carbocycles. The number of hydrogen-bond acceptors (Lipinski definition) is 5. The fourth-order valence-electron chi connectivity index (χ4n) is 1.40. The molecule has 1 heterocycles. The Morgan fingerprint density at radius 2 is 2.11 bits per heavy atom. The van der Waals surface area contributed by atoms with E-state index in [4.69, 9.17) is 5.73 Å². The van der Waals surface area contributed by atoms with Gasteiger partial charge in [-0.05, 0) is 27.7 Å². The monoisotopic (exact) mass is 284 g/mol. The number of carbonyl (C=O) groups excluding carboxylic acids is 2. The van der Waals surface area contributed by atoms with Crippen molar-refractivity contribution in [3.05, 3.63) is 11.1 Å². The van der Waals surface area contributed by atoms with Crippen LogP contribution < -0.4 is 16.4 Å². The lowest BCUT2D eigenvalue weighted by Crippen LogP contribution is -2.51. The first-order valence-electron chi connectivity index (χ1n) is 5.98. The van der Waals surface area contributed by atoms with Crippen molar-refractivity contribution >= 4 is 28.3 Å². The Kier molecular flexibility index (Phi) is 4.88. The smallest absolute Gasteiger partial charge is 0.242 e. The third-order valence-corrected chi connectivity index (χ3v) is 2.90. The van der Waals surface area contributed by atoms with Crippen molar-refractivity contribution in [1.82, 2.24) is 15.6 Å². The molecule has 0 spiro atoms. The molecule has 4 N–H and O–H groups in total. The van der Waals surface area contributed by atoms with E-state index < -0.39 is 6.04 Å². The molecule has 6 nitrogen and oxygen atoms in total. The molecule has 19 heavy (non-hydrogen) atoms. The second kappa shape index (κ2) is 6.01. The summed E-state index contributed by atoms with van der Waals surface area (Å²) in [4.78, 5) is 27.5. The van der Waals surface area contributed by atoms with E-state index in [1.54, 1.807) is 12.3 Å². The van der Waals surface area contributed by atoms with Gasteiger partial charge >= 0.3 is 0 Å². The van der Waals surface area contributed by atoms with E-state index in [9.17, 15) is 9.59 Å². The summed E-state index contributed by atoms with van der Waals surface area (Å²) in [6.45, 7) is 7.31. The number of hydrogen-bond donors (Lipinski definition) is 3. The second-order valence-electron chi connectivity index (χ2n) is 5.38. The van der Waals surface area contributed by atoms with Gasteiger partial charge in [-0.2, -0.15) is 0 Å². The number of carbonyl (C=O) groups is 2. The van der Waals surface area contributed by atoms with Gasteiger partial charge in [0.2, 0.25) is 11.8 Å². The summed E-state index contributed by atoms with van der Waals surface area (Å²) in [7, 11) is 0. The lowest BCUT2D eigenvalue weighted by atomic mass is 10.1. The van der Waals surface area contributed by atoms with E-state index in [0.717, 1.165) is 0 Å². The molecule has 1 aromatic rings. The first kappa shape index (κ1) is 15.4. The summed E-state index contributed by atoms with van der Waals surface area (Å²) in [6.07, 6.45) is 0.126. The lowest BCUT2D eigenvalue weighted by molar-refractivity contribution is -0.129. The molecule has 1 atom stereocenters. The highest BCUT2D eigenvalue weighted by Crippen LogP contribution is 2.11. The van der Waals surface area contributed by atoms with E-state index in [1.165, 1.54) is 11.3 Å². The molecule has 0 fully saturated rings. The largest absolute Gasteiger partial charge is 0.375 e. The zero-order valence-corrected chi connectivity index (χ0v) is 12.4. The van der Waals surface area contributed by atoms with Crippen LogP contribution >= 0.6 is 11.3 Å². The maximum atomic E-state index is 11.8. The highest BCUT2D eigenvalue weighted by atomic mass is 32.1. The number of aromatic nitrogens is 1. The van der Waals surface area contributed by atoms with Crippen molar-refractivity contribution in [2.24, 2.45) is 0 Å². The topological polar surface area (TPSA) is 97.1 Å². The Morgan fingerprint density at radius 1 is 1.47 bits per heavy atom. The molecule has 0 saturated heterocycles. The Morgan fingerprint density at radius 3 is 2.58 bits per heavy atom. The van der Waals surface area contributed by atoms with Crippen LogP contribution in [0.2, 0.25) is 0 Å². The predicted molar refractivity (Wildman–Crippen MR) is 75.7 cm³/mol. The second-order valence-corrected chi connectivity index (χ2v) is 6.27. The molecular weight excluding hydrogens is 264 g/mol. The van der Waals surface area contributed by atoms with E-state index in [2.05, 4.69) is 15.6 Å². The molecule has 0 radical (unpaired) electrons. The van der Waals surface area contributed by atoms with Crippen LogP contribution in [0.5, 0.6) is 0 Å². The van der Waals surface area contributed by atoms with Gasteiger partial charge in [-0.15, -0.1) is 11.3 Å². The van der Waals surface area contributed by atoms with Crippen LogP contribution in [0.1, 0.15) is 33.4 Å². The van der Waals surface area contributed by atoms with E-state index in [1.807, 2.05) is 20.8 Å². The number of nitrogen functional groups attached to an aromatic ring is 1. The normalized spacial score (nSPS) is 12.8. The third kappa shape index (κ3) is 5.69. The first-order valence-corrected chi connectivity index (χ1v) is 6.86. The summed E-state index contributed by atoms with van der Waals surface area (Å²) < 4.78 is 0. The SMILES string of the molecule is CC(NC(=O)Cc1csc(N)n1)C(=O)NC(C)(C)C. The molecular formula is C12H20N4O2S. The minimum Gasteiger partial charge on any atom is -0.375 e. The molecule has 106 valence electrons. The Balaban J connectivity index is 2.46. The van der Waals surface area contributed by atoms with Gasteiger partial charge in [0, 0.05) is 10.9 Å². The van der Waals surface area contributed by atoms with Crippen LogP contribution in [0.15, 0.2) is 5.38 Å². The van der Waals surface area contributed by atoms with Gasteiger partial charge in [0.15, 0.2) is 5.13 Å². The van der Waals surface area contributed by atoms with Crippen molar-refractivity contribution in [2.45, 2.75) is 45.7 Å². The molecule has 1 aromatic heterocycles. The Labute approximate surface area is 116 Å². The average Bonchev–Trinajstić information content (AvgIpc) is 2.60. The minimum absolute atomic E-state index is 0.126. The number of nitrogens with zero attached hydrogens (tertiary/aromatic N) is 1. The van der Waals surface area contributed by atoms with Crippen LogP contribution in [0.3, 0.4) is 0 Å². The van der Waals surface area contributed by atoms with Crippen LogP contribution in [-0.2, 0) is 16.0 Å². The van der Waals surface area contributed by atoms with Gasteiger partial charge in [0.05, 0.1) is 12.1 Å². The molecule has 0 aliphatic carbocycles. The maximum Gasteiger partial charge on any atom is 0.242 e. The summed E-state index contributed by atoms with van der Waals surface area (Å²) >= 11 is 1.29. The summed E-state index contributed by atoms with van der Waals surface area (Å²) in [5.74, 6) is -0.458. The zero-order chi connectivity index (χ0) is 14.6. The van der Waals surface area contributed by atoms with E-state index in [-0.39, 0.29) is 23.8 Å². The highest BCUT2D eigenvalue weighted by Gasteiger charge is 2.20. The zero-order valence-electron chi connectivity index (χ0n) is 11.6. The summed E-state index contributed by atoms with van der Waals surface area (Å²) in [5.41, 5.74) is 5.78. The average molecular weight is 284 g/mol. The van der Waals surface area contributed by atoms with Gasteiger partial charge in [0.1, 0.15) is 6.04 Å². The number of anilines is 1. The molecule has 0 aliphatic rings. The van der Waals surface area contributed by atoms with Crippen molar-refractivity contribution < 1.29 is 9.59 Å². The molecule has 0 saturated carbocycles. The third-order valence-electron chi connectivity index (χ3n) is 2.18. The quantitative estimate of drug-likeness (QED) is 0.757. The Hall–Kier alpha value is -1.63. The van der Waals surface area contributed by atoms with Gasteiger partial charge in [-0.25, -0.2) is 4.98 Å².